The molecule has 116 valence electrons. The zero-order chi connectivity index (χ0) is 15.2. The number of amides is 1. The first-order valence-electron chi connectivity index (χ1n) is 7.86. The number of hydrogen-bond acceptors (Lipinski definition) is 3. The maximum Gasteiger partial charge on any atom is 0.236 e. The van der Waals surface area contributed by atoms with Gasteiger partial charge < -0.3 is 10.1 Å². The number of carbonyl (C=O) groups excluding carboxylic acids is 1. The van der Waals surface area contributed by atoms with Gasteiger partial charge in [0.05, 0.1) is 13.2 Å². The van der Waals surface area contributed by atoms with Gasteiger partial charge >= 0.3 is 0 Å². The zero-order valence-corrected chi connectivity index (χ0v) is 13.2. The molecule has 2 atom stereocenters. The van der Waals surface area contributed by atoms with Crippen LogP contribution in [0.2, 0.25) is 0 Å². The number of aryl methyl sites for hydroxylation is 1. The first-order chi connectivity index (χ1) is 10.2. The van der Waals surface area contributed by atoms with Crippen molar-refractivity contribution in [2.45, 2.75) is 51.6 Å². The van der Waals surface area contributed by atoms with Crippen molar-refractivity contribution in [1.82, 2.24) is 10.6 Å². The lowest BCUT2D eigenvalue weighted by Crippen LogP contribution is -2.44. The first kappa shape index (κ1) is 15.8. The van der Waals surface area contributed by atoms with Crippen molar-refractivity contribution >= 4 is 5.91 Å². The Morgan fingerprint density at radius 2 is 2.29 bits per heavy atom. The molecule has 2 N–H and O–H groups in total. The van der Waals surface area contributed by atoms with Gasteiger partial charge in [-0.3, -0.25) is 10.1 Å². The highest BCUT2D eigenvalue weighted by molar-refractivity contribution is 5.81. The molecule has 0 saturated heterocycles. The molecule has 0 aromatic heterocycles. The number of nitrogens with one attached hydrogen (secondary N) is 2. The first-order valence-corrected chi connectivity index (χ1v) is 7.86. The van der Waals surface area contributed by atoms with Crippen LogP contribution < -0.4 is 15.4 Å². The Kier molecular flexibility index (Phi) is 5.62. The highest BCUT2D eigenvalue weighted by Crippen LogP contribution is 2.32. The summed E-state index contributed by atoms with van der Waals surface area (Å²) in [7, 11) is 1.69. The average Bonchev–Trinajstić information content (AvgIpc) is 2.52. The molecule has 2 rings (SSSR count). The van der Waals surface area contributed by atoms with Crippen molar-refractivity contribution in [1.29, 1.82) is 0 Å². The molecule has 1 aliphatic carbocycles. The van der Waals surface area contributed by atoms with Gasteiger partial charge in [-0.1, -0.05) is 13.0 Å². The van der Waals surface area contributed by atoms with E-state index in [0.717, 1.165) is 38.0 Å². The smallest absolute Gasteiger partial charge is 0.236 e. The van der Waals surface area contributed by atoms with Crippen LogP contribution in [-0.4, -0.2) is 25.6 Å². The Morgan fingerprint density at radius 3 is 3.00 bits per heavy atom. The fourth-order valence-corrected chi connectivity index (χ4v) is 2.87. The van der Waals surface area contributed by atoms with Crippen molar-refractivity contribution in [3.63, 3.8) is 0 Å². The molecule has 1 aromatic carbocycles. The number of methoxy groups -OCH3 is 1. The van der Waals surface area contributed by atoms with E-state index in [2.05, 4.69) is 29.7 Å². The quantitative estimate of drug-likeness (QED) is 0.846. The third-order valence-electron chi connectivity index (χ3n) is 4.06. The molecule has 0 spiro atoms. The Hall–Kier alpha value is -1.55. The molecular formula is C17H26N2O2. The minimum absolute atomic E-state index is 0.0810. The molecule has 0 fully saturated rings. The minimum Gasteiger partial charge on any atom is -0.497 e. The van der Waals surface area contributed by atoms with Crippen molar-refractivity contribution in [2.75, 3.05) is 13.7 Å². The van der Waals surface area contributed by atoms with Gasteiger partial charge in [-0.2, -0.15) is 0 Å². The molecule has 4 nitrogen and oxygen atoms in total. The van der Waals surface area contributed by atoms with Gasteiger partial charge in [0.25, 0.3) is 0 Å². The monoisotopic (exact) mass is 290 g/mol. The predicted octanol–water partition coefficient (Wildman–Crippen LogP) is 2.58. The SMILES string of the molecule is CCCNC(=O)C(C)NC1CCCc2cc(OC)ccc21. The fraction of sp³-hybridized carbons (Fsp3) is 0.588. The lowest BCUT2D eigenvalue weighted by molar-refractivity contribution is -0.122. The van der Waals surface area contributed by atoms with Gasteiger partial charge in [0.2, 0.25) is 5.91 Å². The summed E-state index contributed by atoms with van der Waals surface area (Å²) in [6.07, 6.45) is 4.26. The lowest BCUT2D eigenvalue weighted by atomic mass is 9.87. The molecule has 1 aromatic rings. The van der Waals surface area contributed by atoms with Crippen LogP contribution in [0.1, 0.15) is 50.3 Å². The Balaban J connectivity index is 2.04. The van der Waals surface area contributed by atoms with Gasteiger partial charge in [-0.05, 0) is 55.9 Å². The van der Waals surface area contributed by atoms with Crippen molar-refractivity contribution < 1.29 is 9.53 Å². The summed E-state index contributed by atoms with van der Waals surface area (Å²) >= 11 is 0. The molecular weight excluding hydrogens is 264 g/mol. The van der Waals surface area contributed by atoms with Gasteiger partial charge in [0.1, 0.15) is 5.75 Å². The van der Waals surface area contributed by atoms with Crippen LogP contribution in [0.25, 0.3) is 0 Å². The average molecular weight is 290 g/mol. The summed E-state index contributed by atoms with van der Waals surface area (Å²) in [6, 6.07) is 6.32. The molecule has 0 heterocycles. The fourth-order valence-electron chi connectivity index (χ4n) is 2.87. The lowest BCUT2D eigenvalue weighted by Gasteiger charge is -2.29. The summed E-state index contributed by atoms with van der Waals surface area (Å²) < 4.78 is 5.29. The zero-order valence-electron chi connectivity index (χ0n) is 13.2. The van der Waals surface area contributed by atoms with Crippen LogP contribution in [0.5, 0.6) is 5.75 Å². The third-order valence-corrected chi connectivity index (χ3v) is 4.06. The number of benzene rings is 1. The topological polar surface area (TPSA) is 50.4 Å². The van der Waals surface area contributed by atoms with Gasteiger partial charge in [-0.25, -0.2) is 0 Å². The summed E-state index contributed by atoms with van der Waals surface area (Å²) in [5.74, 6) is 0.987. The Morgan fingerprint density at radius 1 is 1.48 bits per heavy atom. The maximum absolute atomic E-state index is 12.0. The molecule has 0 aliphatic heterocycles. The van der Waals surface area contributed by atoms with Gasteiger partial charge in [-0.15, -0.1) is 0 Å². The second kappa shape index (κ2) is 7.46. The maximum atomic E-state index is 12.0. The van der Waals surface area contributed by atoms with Gasteiger partial charge in [0, 0.05) is 12.6 Å². The van der Waals surface area contributed by atoms with Crippen LogP contribution >= 0.6 is 0 Å². The van der Waals surface area contributed by atoms with Crippen molar-refractivity contribution in [3.8, 4) is 5.75 Å². The van der Waals surface area contributed by atoms with E-state index in [1.54, 1.807) is 7.11 Å². The highest BCUT2D eigenvalue weighted by Gasteiger charge is 2.24. The van der Waals surface area contributed by atoms with Crippen molar-refractivity contribution in [2.24, 2.45) is 0 Å². The van der Waals surface area contributed by atoms with Crippen molar-refractivity contribution in [3.05, 3.63) is 29.3 Å². The number of ether oxygens (including phenoxy) is 1. The Bertz CT molecular complexity index is 488. The second-order valence-electron chi connectivity index (χ2n) is 5.69. The van der Waals surface area contributed by atoms with E-state index in [9.17, 15) is 4.79 Å². The number of carbonyl (C=O) groups is 1. The molecule has 0 saturated carbocycles. The number of hydrogen-bond donors (Lipinski definition) is 2. The summed E-state index contributed by atoms with van der Waals surface area (Å²) in [5, 5.41) is 6.41. The third kappa shape index (κ3) is 3.97. The molecule has 4 heteroatoms. The predicted molar refractivity (Wildman–Crippen MR) is 84.6 cm³/mol. The van der Waals surface area contributed by atoms with Gasteiger partial charge in [0.15, 0.2) is 0 Å². The molecule has 1 amide bonds. The van der Waals surface area contributed by atoms with E-state index < -0.39 is 0 Å². The molecule has 2 unspecified atom stereocenters. The van der Waals surface area contributed by atoms with E-state index in [1.165, 1.54) is 11.1 Å². The van der Waals surface area contributed by atoms with Crippen LogP contribution in [0, 0.1) is 0 Å². The normalized spacial score (nSPS) is 18.7. The van der Waals surface area contributed by atoms with Crippen LogP contribution in [-0.2, 0) is 11.2 Å². The molecule has 21 heavy (non-hydrogen) atoms. The number of fused-ring (bicyclic) bond motifs is 1. The van der Waals surface area contributed by atoms with Crippen LogP contribution in [0.3, 0.4) is 0 Å². The largest absolute Gasteiger partial charge is 0.497 e. The molecule has 0 radical (unpaired) electrons. The standard InChI is InChI=1S/C17H26N2O2/c1-4-10-18-17(20)12(2)19-16-7-5-6-13-11-14(21-3)8-9-15(13)16/h8-9,11-12,16,19H,4-7,10H2,1-3H3,(H,18,20). The summed E-state index contributed by atoms with van der Waals surface area (Å²) in [6.45, 7) is 4.73. The highest BCUT2D eigenvalue weighted by atomic mass is 16.5. The van der Waals surface area contributed by atoms with Crippen LogP contribution in [0.4, 0.5) is 0 Å². The van der Waals surface area contributed by atoms with E-state index in [1.807, 2.05) is 13.0 Å². The molecule has 0 bridgehead atoms. The summed E-state index contributed by atoms with van der Waals surface area (Å²) in [4.78, 5) is 12.0. The van der Waals surface area contributed by atoms with Crippen LogP contribution in [0.15, 0.2) is 18.2 Å². The summed E-state index contributed by atoms with van der Waals surface area (Å²) in [5.41, 5.74) is 2.64. The molecule has 1 aliphatic rings. The second-order valence-corrected chi connectivity index (χ2v) is 5.69. The number of rotatable bonds is 6. The van der Waals surface area contributed by atoms with E-state index in [4.69, 9.17) is 4.74 Å². The minimum atomic E-state index is -0.172. The van der Waals surface area contributed by atoms with E-state index >= 15 is 0 Å². The van der Waals surface area contributed by atoms with E-state index in [0.29, 0.717) is 0 Å². The van der Waals surface area contributed by atoms with E-state index in [-0.39, 0.29) is 18.0 Å². The Labute approximate surface area is 127 Å².